The molecule has 2 aromatic rings. The van der Waals surface area contributed by atoms with Gasteiger partial charge in [-0.3, -0.25) is 14.9 Å². The fourth-order valence-corrected chi connectivity index (χ4v) is 1.54. The summed E-state index contributed by atoms with van der Waals surface area (Å²) < 4.78 is 1.18. The zero-order valence-corrected chi connectivity index (χ0v) is 10.6. The molecule has 110 valence electrons. The number of nitro groups is 1. The first-order chi connectivity index (χ1) is 9.95. The van der Waals surface area contributed by atoms with E-state index >= 15 is 0 Å². The summed E-state index contributed by atoms with van der Waals surface area (Å²) in [6, 6.07) is 2.65. The summed E-state index contributed by atoms with van der Waals surface area (Å²) >= 11 is 0. The van der Waals surface area contributed by atoms with Crippen LogP contribution in [0.5, 0.6) is 0 Å². The van der Waals surface area contributed by atoms with Crippen molar-refractivity contribution >= 4 is 23.3 Å². The minimum Gasteiger partial charge on any atom is -0.480 e. The number of hydrogen-bond acceptors (Lipinski definition) is 8. The molecule has 11 nitrogen and oxygen atoms in total. The van der Waals surface area contributed by atoms with Crippen LogP contribution in [0, 0.1) is 10.1 Å². The predicted octanol–water partition coefficient (Wildman–Crippen LogP) is -0.140. The topological polar surface area (TPSA) is 162 Å². The minimum absolute atomic E-state index is 0.195. The van der Waals surface area contributed by atoms with Crippen LogP contribution in [-0.2, 0) is 17.9 Å². The maximum absolute atomic E-state index is 10.6. The first kappa shape index (κ1) is 14.2. The molecule has 0 aliphatic rings. The van der Waals surface area contributed by atoms with Crippen LogP contribution in [0.15, 0.2) is 18.3 Å². The first-order valence-electron chi connectivity index (χ1n) is 5.71. The van der Waals surface area contributed by atoms with E-state index in [1.807, 2.05) is 0 Å². The number of nitrogens with one attached hydrogen (secondary N) is 1. The molecular formula is C10H11N7O4. The van der Waals surface area contributed by atoms with Crippen LogP contribution in [0.2, 0.25) is 0 Å². The fourth-order valence-electron chi connectivity index (χ4n) is 1.54. The largest absolute Gasteiger partial charge is 0.480 e. The average Bonchev–Trinajstić information content (AvgIpc) is 2.82. The van der Waals surface area contributed by atoms with E-state index in [2.05, 4.69) is 20.6 Å². The van der Waals surface area contributed by atoms with E-state index < -0.39 is 10.9 Å². The molecule has 0 saturated carbocycles. The highest BCUT2D eigenvalue weighted by molar-refractivity contribution is 5.66. The number of nitrogens with zero attached hydrogens (tertiary/aromatic N) is 5. The average molecular weight is 293 g/mol. The third-order valence-electron chi connectivity index (χ3n) is 2.43. The van der Waals surface area contributed by atoms with Crippen LogP contribution in [-0.4, -0.2) is 36.0 Å². The van der Waals surface area contributed by atoms with Crippen molar-refractivity contribution < 1.29 is 14.8 Å². The Morgan fingerprint density at radius 2 is 2.29 bits per heavy atom. The summed E-state index contributed by atoms with van der Waals surface area (Å²) in [5, 5.41) is 29.5. The Morgan fingerprint density at radius 1 is 1.52 bits per heavy atom. The van der Waals surface area contributed by atoms with E-state index in [-0.39, 0.29) is 24.6 Å². The number of hydrogen-bond donors (Lipinski definition) is 3. The molecule has 0 bridgehead atoms. The maximum Gasteiger partial charge on any atom is 0.325 e. The third-order valence-corrected chi connectivity index (χ3v) is 2.43. The summed E-state index contributed by atoms with van der Waals surface area (Å²) in [7, 11) is 0. The Bertz CT molecular complexity index is 684. The van der Waals surface area contributed by atoms with Crippen LogP contribution in [0.4, 0.5) is 17.3 Å². The van der Waals surface area contributed by atoms with E-state index in [1.165, 1.54) is 23.0 Å². The van der Waals surface area contributed by atoms with Gasteiger partial charge in [0.1, 0.15) is 18.1 Å². The summed E-state index contributed by atoms with van der Waals surface area (Å²) in [4.78, 5) is 24.3. The van der Waals surface area contributed by atoms with Crippen molar-refractivity contribution in [1.82, 2.24) is 20.0 Å². The molecule has 4 N–H and O–H groups in total. The quantitative estimate of drug-likeness (QED) is 0.485. The molecule has 2 heterocycles. The molecule has 0 aliphatic carbocycles. The molecule has 0 fully saturated rings. The van der Waals surface area contributed by atoms with Crippen LogP contribution in [0.1, 0.15) is 5.69 Å². The van der Waals surface area contributed by atoms with Gasteiger partial charge in [-0.2, -0.15) is 0 Å². The molecule has 0 unspecified atom stereocenters. The molecule has 0 saturated heterocycles. The number of carbonyl (C=O) groups is 1. The monoisotopic (exact) mass is 293 g/mol. The first-order valence-corrected chi connectivity index (χ1v) is 5.71. The van der Waals surface area contributed by atoms with Gasteiger partial charge in [0.15, 0.2) is 0 Å². The van der Waals surface area contributed by atoms with Gasteiger partial charge in [-0.1, -0.05) is 5.21 Å². The lowest BCUT2D eigenvalue weighted by Crippen LogP contribution is -2.09. The van der Waals surface area contributed by atoms with Crippen molar-refractivity contribution in [3.05, 3.63) is 34.1 Å². The number of rotatable bonds is 6. The second kappa shape index (κ2) is 5.81. The fraction of sp³-hybridized carbons (Fsp3) is 0.200. The van der Waals surface area contributed by atoms with Gasteiger partial charge in [0, 0.05) is 6.07 Å². The Hall–Kier alpha value is -3.24. The second-order valence-corrected chi connectivity index (χ2v) is 4.01. The number of aromatic nitrogens is 4. The molecule has 0 radical (unpaired) electrons. The van der Waals surface area contributed by atoms with Crippen molar-refractivity contribution in [2.45, 2.75) is 13.1 Å². The van der Waals surface area contributed by atoms with Gasteiger partial charge in [0.25, 0.3) is 0 Å². The molecule has 0 spiro atoms. The molecule has 0 aliphatic heterocycles. The molecule has 2 aromatic heterocycles. The lowest BCUT2D eigenvalue weighted by atomic mass is 10.3. The lowest BCUT2D eigenvalue weighted by molar-refractivity contribution is -0.384. The number of aliphatic carboxylic acids is 1. The number of anilines is 2. The van der Waals surface area contributed by atoms with E-state index in [9.17, 15) is 14.9 Å². The molecule has 0 aromatic carbocycles. The van der Waals surface area contributed by atoms with Gasteiger partial charge in [-0.15, -0.1) is 5.10 Å². The molecule has 0 atom stereocenters. The zero-order chi connectivity index (χ0) is 15.4. The molecular weight excluding hydrogens is 282 g/mol. The standard InChI is InChI=1S/C10H11N7O4/c11-10-7(17(20)21)1-2-8(13-10)12-3-6-4-16(15-14-6)5-9(18)19/h1-2,4H,3,5H2,(H,18,19)(H3,11,12,13). The smallest absolute Gasteiger partial charge is 0.325 e. The van der Waals surface area contributed by atoms with E-state index in [1.54, 1.807) is 0 Å². The van der Waals surface area contributed by atoms with Crippen LogP contribution in [0.3, 0.4) is 0 Å². The summed E-state index contributed by atoms with van der Waals surface area (Å²) in [6.45, 7) is -0.0560. The third kappa shape index (κ3) is 3.62. The molecule has 21 heavy (non-hydrogen) atoms. The maximum atomic E-state index is 10.6. The van der Waals surface area contributed by atoms with Gasteiger partial charge in [0.2, 0.25) is 5.82 Å². The van der Waals surface area contributed by atoms with Crippen molar-refractivity contribution in [2.24, 2.45) is 0 Å². The number of nitrogen functional groups attached to an aromatic ring is 1. The van der Waals surface area contributed by atoms with Crippen LogP contribution < -0.4 is 11.1 Å². The molecule has 2 rings (SSSR count). The summed E-state index contributed by atoms with van der Waals surface area (Å²) in [5.41, 5.74) is 5.69. The number of carboxylic acid groups (broad SMARTS) is 1. The minimum atomic E-state index is -1.02. The Balaban J connectivity index is 1.99. The summed E-state index contributed by atoms with van der Waals surface area (Å²) in [5.74, 6) is -0.880. The number of pyridine rings is 1. The van der Waals surface area contributed by atoms with Crippen LogP contribution in [0.25, 0.3) is 0 Å². The van der Waals surface area contributed by atoms with Gasteiger partial charge in [0.05, 0.1) is 17.7 Å². The van der Waals surface area contributed by atoms with Crippen molar-refractivity contribution in [3.8, 4) is 0 Å². The Morgan fingerprint density at radius 3 is 2.90 bits per heavy atom. The van der Waals surface area contributed by atoms with Gasteiger partial charge in [-0.25, -0.2) is 9.67 Å². The number of carboxylic acids is 1. The predicted molar refractivity (Wildman–Crippen MR) is 70.3 cm³/mol. The van der Waals surface area contributed by atoms with Crippen LogP contribution >= 0.6 is 0 Å². The van der Waals surface area contributed by atoms with Gasteiger partial charge < -0.3 is 16.2 Å². The van der Waals surface area contributed by atoms with E-state index in [0.717, 1.165) is 0 Å². The second-order valence-electron chi connectivity index (χ2n) is 4.01. The highest BCUT2D eigenvalue weighted by Gasteiger charge is 2.13. The highest BCUT2D eigenvalue weighted by Crippen LogP contribution is 2.20. The summed E-state index contributed by atoms with van der Waals surface area (Å²) in [6.07, 6.45) is 1.47. The lowest BCUT2D eigenvalue weighted by Gasteiger charge is -2.04. The highest BCUT2D eigenvalue weighted by atomic mass is 16.6. The molecule has 0 amide bonds. The Kier molecular flexibility index (Phi) is 3.92. The van der Waals surface area contributed by atoms with E-state index in [4.69, 9.17) is 10.8 Å². The van der Waals surface area contributed by atoms with Gasteiger partial charge >= 0.3 is 11.7 Å². The Labute approximate surface area is 117 Å². The van der Waals surface area contributed by atoms with E-state index in [0.29, 0.717) is 11.5 Å². The normalized spacial score (nSPS) is 10.3. The SMILES string of the molecule is Nc1nc(NCc2cn(CC(=O)O)nn2)ccc1[N+](=O)[O-]. The van der Waals surface area contributed by atoms with Gasteiger partial charge in [-0.05, 0) is 6.07 Å². The van der Waals surface area contributed by atoms with Crippen molar-refractivity contribution in [2.75, 3.05) is 11.1 Å². The zero-order valence-electron chi connectivity index (χ0n) is 10.6. The molecule has 11 heteroatoms. The van der Waals surface area contributed by atoms with Crippen molar-refractivity contribution in [3.63, 3.8) is 0 Å². The van der Waals surface area contributed by atoms with Crippen molar-refractivity contribution in [1.29, 1.82) is 0 Å². The number of nitrogens with two attached hydrogens (primary N) is 1.